The van der Waals surface area contributed by atoms with Crippen LogP contribution in [-0.2, 0) is 6.42 Å². The van der Waals surface area contributed by atoms with E-state index in [0.717, 1.165) is 36.0 Å². The van der Waals surface area contributed by atoms with Gasteiger partial charge in [-0.3, -0.25) is 0 Å². The molecule has 86 valence electrons. The summed E-state index contributed by atoms with van der Waals surface area (Å²) in [4.78, 5) is 0. The third-order valence-corrected chi connectivity index (χ3v) is 2.99. The number of halogens is 2. The normalized spacial score (nSPS) is 11.2. The van der Waals surface area contributed by atoms with Crippen molar-refractivity contribution in [2.75, 3.05) is 13.1 Å². The first-order chi connectivity index (χ1) is 7.72. The Bertz CT molecular complexity index is 493. The Hall–Kier alpha value is -0.700. The van der Waals surface area contributed by atoms with Gasteiger partial charge < -0.3 is 9.73 Å². The van der Waals surface area contributed by atoms with Crippen LogP contribution < -0.4 is 5.32 Å². The number of furan rings is 1. The van der Waals surface area contributed by atoms with Crippen molar-refractivity contribution in [3.63, 3.8) is 0 Å². The highest BCUT2D eigenvalue weighted by atomic mass is 35.5. The molecule has 4 heteroatoms. The van der Waals surface area contributed by atoms with Crippen molar-refractivity contribution in [3.05, 3.63) is 34.0 Å². The Labute approximate surface area is 105 Å². The molecule has 0 amide bonds. The van der Waals surface area contributed by atoms with Crippen LogP contribution in [0.2, 0.25) is 10.0 Å². The summed E-state index contributed by atoms with van der Waals surface area (Å²) in [6.45, 7) is 3.98. The monoisotopic (exact) mass is 257 g/mol. The molecule has 2 rings (SSSR count). The van der Waals surface area contributed by atoms with Crippen molar-refractivity contribution in [2.24, 2.45) is 0 Å². The molecular weight excluding hydrogens is 245 g/mol. The van der Waals surface area contributed by atoms with E-state index in [-0.39, 0.29) is 0 Å². The summed E-state index contributed by atoms with van der Waals surface area (Å²) in [7, 11) is 0. The summed E-state index contributed by atoms with van der Waals surface area (Å²) in [5.74, 6) is 0. The number of likely N-dealkylation sites (N-methyl/N-ethyl adjacent to an activating group) is 1. The average molecular weight is 258 g/mol. The molecule has 2 aromatic rings. The van der Waals surface area contributed by atoms with E-state index in [2.05, 4.69) is 12.2 Å². The second-order valence-electron chi connectivity index (χ2n) is 3.63. The van der Waals surface area contributed by atoms with Crippen molar-refractivity contribution >= 4 is 34.2 Å². The molecule has 0 fully saturated rings. The molecule has 0 spiro atoms. The van der Waals surface area contributed by atoms with E-state index in [1.54, 1.807) is 12.3 Å². The quantitative estimate of drug-likeness (QED) is 0.841. The van der Waals surface area contributed by atoms with Gasteiger partial charge in [0.15, 0.2) is 5.58 Å². The smallest absolute Gasteiger partial charge is 0.152 e. The molecule has 1 heterocycles. The number of benzene rings is 1. The average Bonchev–Trinajstić information content (AvgIpc) is 2.62. The van der Waals surface area contributed by atoms with Crippen LogP contribution in [0.1, 0.15) is 12.5 Å². The number of rotatable bonds is 4. The molecule has 0 atom stereocenters. The van der Waals surface area contributed by atoms with Crippen LogP contribution in [-0.4, -0.2) is 13.1 Å². The minimum Gasteiger partial charge on any atom is -0.462 e. The van der Waals surface area contributed by atoms with Gasteiger partial charge in [-0.05, 0) is 37.2 Å². The Morgan fingerprint density at radius 2 is 2.12 bits per heavy atom. The Morgan fingerprint density at radius 1 is 1.31 bits per heavy atom. The number of hydrogen-bond donors (Lipinski definition) is 1. The van der Waals surface area contributed by atoms with E-state index in [0.29, 0.717) is 10.0 Å². The Kier molecular flexibility index (Phi) is 3.74. The molecule has 0 aliphatic rings. The maximum Gasteiger partial charge on any atom is 0.152 e. The molecular formula is C12H13Cl2NO. The molecule has 0 radical (unpaired) electrons. The van der Waals surface area contributed by atoms with Gasteiger partial charge in [0.1, 0.15) is 0 Å². The first-order valence-electron chi connectivity index (χ1n) is 5.28. The van der Waals surface area contributed by atoms with Gasteiger partial charge in [-0.1, -0.05) is 30.1 Å². The van der Waals surface area contributed by atoms with Crippen LogP contribution >= 0.6 is 23.2 Å². The minimum atomic E-state index is 0.567. The fraction of sp³-hybridized carbons (Fsp3) is 0.333. The maximum absolute atomic E-state index is 6.04. The lowest BCUT2D eigenvalue weighted by molar-refractivity contribution is 0.607. The molecule has 0 aliphatic heterocycles. The van der Waals surface area contributed by atoms with Crippen LogP contribution in [0.4, 0.5) is 0 Å². The molecule has 16 heavy (non-hydrogen) atoms. The van der Waals surface area contributed by atoms with Gasteiger partial charge in [-0.2, -0.15) is 0 Å². The lowest BCUT2D eigenvalue weighted by atomic mass is 10.1. The molecule has 0 saturated heterocycles. The van der Waals surface area contributed by atoms with E-state index in [9.17, 15) is 0 Å². The van der Waals surface area contributed by atoms with Crippen LogP contribution in [0, 0.1) is 0 Å². The summed E-state index contributed by atoms with van der Waals surface area (Å²) in [6.07, 6.45) is 2.67. The molecule has 0 bridgehead atoms. The molecule has 1 aromatic carbocycles. The Morgan fingerprint density at radius 3 is 2.88 bits per heavy atom. The van der Waals surface area contributed by atoms with Crippen LogP contribution in [0.3, 0.4) is 0 Å². The SMILES string of the molecule is CCNCCc1coc2c(Cl)cc(Cl)cc12. The zero-order chi connectivity index (χ0) is 11.5. The lowest BCUT2D eigenvalue weighted by Crippen LogP contribution is -2.15. The molecule has 2 nitrogen and oxygen atoms in total. The minimum absolute atomic E-state index is 0.567. The predicted octanol–water partition coefficient (Wildman–Crippen LogP) is 3.89. The van der Waals surface area contributed by atoms with Gasteiger partial charge >= 0.3 is 0 Å². The fourth-order valence-electron chi connectivity index (χ4n) is 1.71. The summed E-state index contributed by atoms with van der Waals surface area (Å²) < 4.78 is 5.45. The molecule has 0 unspecified atom stereocenters. The van der Waals surface area contributed by atoms with Crippen LogP contribution in [0.25, 0.3) is 11.0 Å². The second-order valence-corrected chi connectivity index (χ2v) is 4.47. The largest absolute Gasteiger partial charge is 0.462 e. The van der Waals surface area contributed by atoms with Crippen LogP contribution in [0.15, 0.2) is 22.8 Å². The van der Waals surface area contributed by atoms with Gasteiger partial charge in [-0.25, -0.2) is 0 Å². The topological polar surface area (TPSA) is 25.2 Å². The maximum atomic E-state index is 6.04. The number of fused-ring (bicyclic) bond motifs is 1. The third kappa shape index (κ3) is 2.34. The zero-order valence-electron chi connectivity index (χ0n) is 9.02. The highest BCUT2D eigenvalue weighted by Gasteiger charge is 2.09. The van der Waals surface area contributed by atoms with Crippen molar-refractivity contribution in [2.45, 2.75) is 13.3 Å². The van der Waals surface area contributed by atoms with E-state index in [4.69, 9.17) is 27.6 Å². The standard InChI is InChI=1S/C12H13Cl2NO/c1-2-15-4-3-8-7-16-12-10(8)5-9(13)6-11(12)14/h5-7,15H,2-4H2,1H3. The lowest BCUT2D eigenvalue weighted by Gasteiger charge is -2.00. The predicted molar refractivity (Wildman–Crippen MR) is 68.5 cm³/mol. The second kappa shape index (κ2) is 5.09. The van der Waals surface area contributed by atoms with Crippen molar-refractivity contribution in [1.29, 1.82) is 0 Å². The first-order valence-corrected chi connectivity index (χ1v) is 6.03. The van der Waals surface area contributed by atoms with Gasteiger partial charge in [0, 0.05) is 10.4 Å². The summed E-state index contributed by atoms with van der Waals surface area (Å²) in [5.41, 5.74) is 1.86. The van der Waals surface area contributed by atoms with Crippen molar-refractivity contribution in [3.8, 4) is 0 Å². The molecule has 0 saturated carbocycles. The van der Waals surface area contributed by atoms with Crippen molar-refractivity contribution < 1.29 is 4.42 Å². The summed E-state index contributed by atoms with van der Waals surface area (Å²) in [5, 5.41) is 5.49. The fourth-order valence-corrected chi connectivity index (χ4v) is 2.24. The number of nitrogens with one attached hydrogen (secondary N) is 1. The summed E-state index contributed by atoms with van der Waals surface area (Å²) >= 11 is 12.0. The van der Waals surface area contributed by atoms with Gasteiger partial charge in [0.2, 0.25) is 0 Å². The third-order valence-electron chi connectivity index (χ3n) is 2.49. The Balaban J connectivity index is 2.32. The van der Waals surface area contributed by atoms with Crippen molar-refractivity contribution in [1.82, 2.24) is 5.32 Å². The first kappa shape index (κ1) is 11.8. The van der Waals surface area contributed by atoms with E-state index < -0.39 is 0 Å². The van der Waals surface area contributed by atoms with E-state index in [1.807, 2.05) is 6.07 Å². The zero-order valence-corrected chi connectivity index (χ0v) is 10.5. The number of hydrogen-bond acceptors (Lipinski definition) is 2. The van der Waals surface area contributed by atoms with Crippen LogP contribution in [0.5, 0.6) is 0 Å². The molecule has 1 aromatic heterocycles. The van der Waals surface area contributed by atoms with Gasteiger partial charge in [0.25, 0.3) is 0 Å². The summed E-state index contributed by atoms with van der Waals surface area (Å²) in [6, 6.07) is 3.59. The molecule has 0 aliphatic carbocycles. The van der Waals surface area contributed by atoms with Gasteiger partial charge in [0.05, 0.1) is 11.3 Å². The highest BCUT2D eigenvalue weighted by Crippen LogP contribution is 2.31. The highest BCUT2D eigenvalue weighted by molar-refractivity contribution is 6.38. The van der Waals surface area contributed by atoms with Gasteiger partial charge in [-0.15, -0.1) is 0 Å². The molecule has 1 N–H and O–H groups in total. The van der Waals surface area contributed by atoms with E-state index in [1.165, 1.54) is 0 Å². The van der Waals surface area contributed by atoms with E-state index >= 15 is 0 Å².